The Morgan fingerprint density at radius 2 is 1.65 bits per heavy atom. The van der Waals surface area contributed by atoms with Crippen LogP contribution in [0.15, 0.2) is 48.5 Å². The number of anilines is 1. The minimum absolute atomic E-state index is 0.00976. The van der Waals surface area contributed by atoms with Crippen molar-refractivity contribution in [1.82, 2.24) is 0 Å². The number of hydrogen-bond acceptors (Lipinski definition) is 3. The highest BCUT2D eigenvalue weighted by atomic mass is 16.6. The van der Waals surface area contributed by atoms with E-state index >= 15 is 0 Å². The minimum Gasteiger partial charge on any atom is -0.478 e. The fourth-order valence-corrected chi connectivity index (χ4v) is 2.06. The molecule has 0 saturated carbocycles. The van der Waals surface area contributed by atoms with Crippen molar-refractivity contribution in [3.63, 3.8) is 0 Å². The number of ether oxygens (including phenoxy) is 1. The average Bonchev–Trinajstić information content (AvgIpc) is 2.45. The van der Waals surface area contributed by atoms with Crippen LogP contribution in [0.4, 0.5) is 10.5 Å². The van der Waals surface area contributed by atoms with Gasteiger partial charge < -0.3 is 9.84 Å². The molecule has 0 radical (unpaired) electrons. The number of aromatic carboxylic acids is 1. The highest BCUT2D eigenvalue weighted by Gasteiger charge is 2.19. The standard InChI is InChI=1S/C18H19NO4/c1-18(2,3)23-17(22)19-15-11-13(9-10-14(15)16(20)21)12-7-5-4-6-8-12/h4-11H,1-3H3,(H,19,22)(H,20,21). The van der Waals surface area contributed by atoms with Crippen LogP contribution in [-0.4, -0.2) is 22.8 Å². The molecule has 5 heteroatoms. The summed E-state index contributed by atoms with van der Waals surface area (Å²) < 4.78 is 5.18. The van der Waals surface area contributed by atoms with Crippen LogP contribution < -0.4 is 5.32 Å². The summed E-state index contributed by atoms with van der Waals surface area (Å²) in [5.74, 6) is -1.12. The van der Waals surface area contributed by atoms with Crippen molar-refractivity contribution in [3.8, 4) is 11.1 Å². The molecule has 0 unspecified atom stereocenters. The zero-order valence-electron chi connectivity index (χ0n) is 13.3. The van der Waals surface area contributed by atoms with Crippen LogP contribution in [0.3, 0.4) is 0 Å². The van der Waals surface area contributed by atoms with Crippen LogP contribution >= 0.6 is 0 Å². The van der Waals surface area contributed by atoms with E-state index < -0.39 is 17.7 Å². The van der Waals surface area contributed by atoms with Gasteiger partial charge >= 0.3 is 12.1 Å². The molecule has 0 atom stereocenters. The van der Waals surface area contributed by atoms with Crippen molar-refractivity contribution in [2.75, 3.05) is 5.32 Å². The first kappa shape index (κ1) is 16.5. The maximum Gasteiger partial charge on any atom is 0.412 e. The molecule has 0 aliphatic carbocycles. The molecule has 1 amide bonds. The number of nitrogens with one attached hydrogen (secondary N) is 1. The summed E-state index contributed by atoms with van der Waals surface area (Å²) in [6.45, 7) is 5.22. The van der Waals surface area contributed by atoms with Crippen LogP contribution in [0.25, 0.3) is 11.1 Å². The van der Waals surface area contributed by atoms with Crippen LogP contribution in [0.5, 0.6) is 0 Å². The Balaban J connectivity index is 2.35. The van der Waals surface area contributed by atoms with Gasteiger partial charge in [-0.1, -0.05) is 36.4 Å². The van der Waals surface area contributed by atoms with Gasteiger partial charge in [0.15, 0.2) is 0 Å². The molecule has 0 fully saturated rings. The van der Waals surface area contributed by atoms with Crippen LogP contribution in [-0.2, 0) is 4.74 Å². The number of carboxylic acids is 1. The van der Waals surface area contributed by atoms with E-state index in [1.54, 1.807) is 32.9 Å². The lowest BCUT2D eigenvalue weighted by Crippen LogP contribution is -2.27. The number of benzene rings is 2. The number of hydrogen-bond donors (Lipinski definition) is 2. The molecule has 5 nitrogen and oxygen atoms in total. The zero-order chi connectivity index (χ0) is 17.0. The molecular weight excluding hydrogens is 294 g/mol. The van der Waals surface area contributed by atoms with Gasteiger partial charge in [0.25, 0.3) is 0 Å². The molecule has 120 valence electrons. The second kappa shape index (κ2) is 6.52. The van der Waals surface area contributed by atoms with Crippen LogP contribution in [0.1, 0.15) is 31.1 Å². The summed E-state index contributed by atoms with van der Waals surface area (Å²) in [5.41, 5.74) is 1.28. The van der Waals surface area contributed by atoms with E-state index in [4.69, 9.17) is 4.74 Å². The van der Waals surface area contributed by atoms with Crippen molar-refractivity contribution in [2.24, 2.45) is 0 Å². The number of rotatable bonds is 3. The van der Waals surface area contributed by atoms with Gasteiger partial charge in [-0.25, -0.2) is 9.59 Å². The Bertz CT molecular complexity index is 718. The Labute approximate surface area is 134 Å². The van der Waals surface area contributed by atoms with E-state index in [2.05, 4.69) is 5.32 Å². The van der Waals surface area contributed by atoms with E-state index in [9.17, 15) is 14.7 Å². The van der Waals surface area contributed by atoms with Gasteiger partial charge in [0.2, 0.25) is 0 Å². The molecule has 0 heterocycles. The molecule has 0 aromatic heterocycles. The third-order valence-electron chi connectivity index (χ3n) is 2.99. The van der Waals surface area contributed by atoms with Gasteiger partial charge in [-0.3, -0.25) is 5.32 Å². The monoisotopic (exact) mass is 313 g/mol. The summed E-state index contributed by atoms with van der Waals surface area (Å²) in [5, 5.41) is 11.8. The van der Waals surface area contributed by atoms with Crippen LogP contribution in [0.2, 0.25) is 0 Å². The maximum absolute atomic E-state index is 11.9. The number of carboxylic acid groups (broad SMARTS) is 1. The van der Waals surface area contributed by atoms with Crippen molar-refractivity contribution >= 4 is 17.7 Å². The van der Waals surface area contributed by atoms with Gasteiger partial charge in [0, 0.05) is 0 Å². The first-order chi connectivity index (χ1) is 10.8. The second-order valence-corrected chi connectivity index (χ2v) is 6.06. The molecule has 0 aliphatic heterocycles. The highest BCUT2D eigenvalue weighted by Crippen LogP contribution is 2.26. The number of carbonyl (C=O) groups excluding carboxylic acids is 1. The molecule has 2 N–H and O–H groups in total. The summed E-state index contributed by atoms with van der Waals surface area (Å²) in [7, 11) is 0. The first-order valence-electron chi connectivity index (χ1n) is 7.19. The zero-order valence-corrected chi connectivity index (χ0v) is 13.3. The van der Waals surface area contributed by atoms with Crippen LogP contribution in [0, 0.1) is 0 Å². The van der Waals surface area contributed by atoms with E-state index in [0.717, 1.165) is 11.1 Å². The summed E-state index contributed by atoms with van der Waals surface area (Å²) in [6, 6.07) is 14.3. The smallest absolute Gasteiger partial charge is 0.412 e. The fraction of sp³-hybridized carbons (Fsp3) is 0.222. The third-order valence-corrected chi connectivity index (χ3v) is 2.99. The van der Waals surface area contributed by atoms with E-state index in [0.29, 0.717) is 0 Å². The van der Waals surface area contributed by atoms with Gasteiger partial charge in [0.1, 0.15) is 5.60 Å². The SMILES string of the molecule is CC(C)(C)OC(=O)Nc1cc(-c2ccccc2)ccc1C(=O)O. The minimum atomic E-state index is -1.12. The Morgan fingerprint density at radius 1 is 1.00 bits per heavy atom. The largest absolute Gasteiger partial charge is 0.478 e. The molecule has 0 spiro atoms. The third kappa shape index (κ3) is 4.57. The predicted octanol–water partition coefficient (Wildman–Crippen LogP) is 4.40. The molecule has 0 aliphatic rings. The van der Waals surface area contributed by atoms with E-state index in [1.165, 1.54) is 6.07 Å². The topological polar surface area (TPSA) is 75.6 Å². The highest BCUT2D eigenvalue weighted by molar-refractivity contribution is 6.00. The Hall–Kier alpha value is -2.82. The van der Waals surface area contributed by atoms with Crippen molar-refractivity contribution in [2.45, 2.75) is 26.4 Å². The summed E-state index contributed by atoms with van der Waals surface area (Å²) in [4.78, 5) is 23.3. The van der Waals surface area contributed by atoms with Gasteiger partial charge in [0.05, 0.1) is 11.3 Å². The second-order valence-electron chi connectivity index (χ2n) is 6.06. The molecule has 23 heavy (non-hydrogen) atoms. The summed E-state index contributed by atoms with van der Waals surface area (Å²) >= 11 is 0. The van der Waals surface area contributed by atoms with Gasteiger partial charge in [-0.2, -0.15) is 0 Å². The molecule has 0 saturated heterocycles. The normalized spacial score (nSPS) is 10.9. The molecule has 2 rings (SSSR count). The van der Waals surface area contributed by atoms with Crippen molar-refractivity contribution in [1.29, 1.82) is 0 Å². The Morgan fingerprint density at radius 3 is 2.22 bits per heavy atom. The molecular formula is C18H19NO4. The molecule has 2 aromatic rings. The summed E-state index contributed by atoms with van der Waals surface area (Å²) in [6.07, 6.45) is -0.690. The lowest BCUT2D eigenvalue weighted by atomic mass is 10.0. The lowest BCUT2D eigenvalue weighted by molar-refractivity contribution is 0.0636. The fourth-order valence-electron chi connectivity index (χ4n) is 2.06. The average molecular weight is 313 g/mol. The lowest BCUT2D eigenvalue weighted by Gasteiger charge is -2.20. The number of amides is 1. The number of carbonyl (C=O) groups is 2. The molecule has 0 bridgehead atoms. The Kier molecular flexibility index (Phi) is 4.69. The van der Waals surface area contributed by atoms with Gasteiger partial charge in [-0.05, 0) is 44.0 Å². The van der Waals surface area contributed by atoms with E-state index in [1.807, 2.05) is 30.3 Å². The van der Waals surface area contributed by atoms with Crippen molar-refractivity contribution < 1.29 is 19.4 Å². The predicted molar refractivity (Wildman–Crippen MR) is 88.7 cm³/mol. The van der Waals surface area contributed by atoms with Gasteiger partial charge in [-0.15, -0.1) is 0 Å². The first-order valence-corrected chi connectivity index (χ1v) is 7.19. The molecule has 2 aromatic carbocycles. The maximum atomic E-state index is 11.9. The van der Waals surface area contributed by atoms with Crippen molar-refractivity contribution in [3.05, 3.63) is 54.1 Å². The quantitative estimate of drug-likeness (QED) is 0.880. The van der Waals surface area contributed by atoms with E-state index in [-0.39, 0.29) is 11.3 Å².